The van der Waals surface area contributed by atoms with Crippen molar-refractivity contribution < 1.29 is 22.0 Å². The number of benzene rings is 3. The summed E-state index contributed by atoms with van der Waals surface area (Å²) in [6.07, 6.45) is 5.99. The van der Waals surface area contributed by atoms with E-state index in [-0.39, 0.29) is 16.5 Å². The number of rotatable bonds is 9. The first kappa shape index (κ1) is 23.7. The summed E-state index contributed by atoms with van der Waals surface area (Å²) in [5, 5.41) is -0.571. The Kier molecular flexibility index (Phi) is 7.84. The molecule has 32 heavy (non-hydrogen) atoms. The van der Waals surface area contributed by atoms with Crippen molar-refractivity contribution in [3.63, 3.8) is 0 Å². The average Bonchev–Trinajstić information content (AvgIpc) is 2.80. The fourth-order valence-corrected chi connectivity index (χ4v) is 3.68. The van der Waals surface area contributed by atoms with E-state index in [1.165, 1.54) is 24.3 Å². The van der Waals surface area contributed by atoms with Gasteiger partial charge in [0.15, 0.2) is 23.3 Å². The molecule has 0 saturated heterocycles. The van der Waals surface area contributed by atoms with Crippen molar-refractivity contribution in [2.24, 2.45) is 0 Å². The zero-order valence-electron chi connectivity index (χ0n) is 18.0. The molecule has 0 spiro atoms. The molecular formula is C27H25F5. The van der Waals surface area contributed by atoms with Gasteiger partial charge in [-0.15, -0.1) is 6.58 Å². The van der Waals surface area contributed by atoms with Gasteiger partial charge in [0.25, 0.3) is 0 Å². The maximum atomic E-state index is 15.0. The van der Waals surface area contributed by atoms with Crippen LogP contribution < -0.4 is 0 Å². The van der Waals surface area contributed by atoms with Gasteiger partial charge in [-0.1, -0.05) is 56.2 Å². The second kappa shape index (κ2) is 10.6. The van der Waals surface area contributed by atoms with Crippen molar-refractivity contribution in [3.8, 4) is 0 Å². The highest BCUT2D eigenvalue weighted by Gasteiger charge is 2.22. The van der Waals surface area contributed by atoms with Crippen molar-refractivity contribution in [1.82, 2.24) is 0 Å². The SMILES string of the molecule is C=CCCc1ccc(C(F)=C(F)c2ccc3cc(CCCCC)c(F)c(F)c3c2F)cc1. The molecule has 0 N–H and O–H groups in total. The molecule has 0 fully saturated rings. The van der Waals surface area contributed by atoms with Crippen molar-refractivity contribution >= 4 is 22.4 Å². The highest BCUT2D eigenvalue weighted by atomic mass is 19.2. The van der Waals surface area contributed by atoms with Crippen molar-refractivity contribution in [2.45, 2.75) is 45.4 Å². The zero-order valence-corrected chi connectivity index (χ0v) is 18.0. The van der Waals surface area contributed by atoms with Crippen LogP contribution in [0.3, 0.4) is 0 Å². The molecule has 3 aromatic rings. The predicted octanol–water partition coefficient (Wildman–Crippen LogP) is 8.87. The number of allylic oxidation sites excluding steroid dienone is 1. The van der Waals surface area contributed by atoms with Gasteiger partial charge in [0.05, 0.1) is 5.39 Å². The smallest absolute Gasteiger partial charge is 0.169 e. The summed E-state index contributed by atoms with van der Waals surface area (Å²) in [7, 11) is 0. The third-order valence-electron chi connectivity index (χ3n) is 5.52. The Morgan fingerprint density at radius 2 is 1.56 bits per heavy atom. The molecule has 0 atom stereocenters. The van der Waals surface area contributed by atoms with Crippen LogP contribution in [0.4, 0.5) is 22.0 Å². The summed E-state index contributed by atoms with van der Waals surface area (Å²) in [5.74, 6) is -6.59. The first-order chi connectivity index (χ1) is 15.4. The first-order valence-electron chi connectivity index (χ1n) is 10.7. The Balaban J connectivity index is 2.00. The van der Waals surface area contributed by atoms with E-state index in [0.717, 1.165) is 30.9 Å². The molecule has 0 saturated carbocycles. The maximum absolute atomic E-state index is 15.0. The molecule has 0 aliphatic carbocycles. The fourth-order valence-electron chi connectivity index (χ4n) is 3.68. The number of hydrogen-bond acceptors (Lipinski definition) is 0. The molecule has 0 heterocycles. The summed E-state index contributed by atoms with van der Waals surface area (Å²) in [5.41, 5.74) is 0.255. The van der Waals surface area contributed by atoms with E-state index in [1.807, 2.05) is 6.92 Å². The largest absolute Gasteiger partial charge is 0.205 e. The van der Waals surface area contributed by atoms with Crippen LogP contribution in [0.2, 0.25) is 0 Å². The summed E-state index contributed by atoms with van der Waals surface area (Å²) in [4.78, 5) is 0. The molecule has 3 rings (SSSR count). The first-order valence-corrected chi connectivity index (χ1v) is 10.7. The third kappa shape index (κ3) is 4.93. The normalized spacial score (nSPS) is 12.2. The minimum Gasteiger partial charge on any atom is -0.205 e. The highest BCUT2D eigenvalue weighted by Crippen LogP contribution is 2.35. The molecule has 0 aliphatic heterocycles. The quantitative estimate of drug-likeness (QED) is 0.134. The van der Waals surface area contributed by atoms with Crippen LogP contribution in [-0.2, 0) is 12.8 Å². The second-order valence-corrected chi connectivity index (χ2v) is 7.80. The lowest BCUT2D eigenvalue weighted by atomic mass is 9.98. The number of aryl methyl sites for hydroxylation is 2. The second-order valence-electron chi connectivity index (χ2n) is 7.80. The van der Waals surface area contributed by atoms with E-state index in [0.29, 0.717) is 19.3 Å². The Bertz CT molecular complexity index is 1140. The van der Waals surface area contributed by atoms with Crippen LogP contribution in [0.25, 0.3) is 22.4 Å². The molecule has 0 unspecified atom stereocenters. The molecule has 0 aromatic heterocycles. The Hall–Kier alpha value is -2.95. The van der Waals surface area contributed by atoms with Gasteiger partial charge in [-0.05, 0) is 54.3 Å². The van der Waals surface area contributed by atoms with E-state index in [4.69, 9.17) is 0 Å². The topological polar surface area (TPSA) is 0 Å². The lowest BCUT2D eigenvalue weighted by Gasteiger charge is -2.11. The summed E-state index contributed by atoms with van der Waals surface area (Å²) in [6.45, 7) is 5.63. The Morgan fingerprint density at radius 3 is 2.22 bits per heavy atom. The van der Waals surface area contributed by atoms with Gasteiger partial charge >= 0.3 is 0 Å². The van der Waals surface area contributed by atoms with E-state index >= 15 is 4.39 Å². The summed E-state index contributed by atoms with van der Waals surface area (Å²) < 4.78 is 73.8. The fraction of sp³-hybridized carbons (Fsp3) is 0.259. The van der Waals surface area contributed by atoms with Gasteiger partial charge in [-0.2, -0.15) is 0 Å². The molecule has 3 aromatic carbocycles. The summed E-state index contributed by atoms with van der Waals surface area (Å²) >= 11 is 0. The third-order valence-corrected chi connectivity index (χ3v) is 5.52. The Morgan fingerprint density at radius 1 is 0.844 bits per heavy atom. The molecule has 0 radical (unpaired) electrons. The van der Waals surface area contributed by atoms with Crippen LogP contribution in [-0.4, -0.2) is 0 Å². The minimum absolute atomic E-state index is 0.0673. The molecular weight excluding hydrogens is 419 g/mol. The molecule has 0 aliphatic rings. The Labute approximate surface area is 185 Å². The van der Waals surface area contributed by atoms with E-state index in [2.05, 4.69) is 6.58 Å². The lowest BCUT2D eigenvalue weighted by Crippen LogP contribution is -2.00. The maximum Gasteiger partial charge on any atom is 0.169 e. The predicted molar refractivity (Wildman–Crippen MR) is 121 cm³/mol. The molecule has 168 valence electrons. The van der Waals surface area contributed by atoms with Gasteiger partial charge in [0.2, 0.25) is 0 Å². The van der Waals surface area contributed by atoms with Gasteiger partial charge in [-0.25, -0.2) is 22.0 Å². The molecule has 0 bridgehead atoms. The van der Waals surface area contributed by atoms with Crippen LogP contribution >= 0.6 is 0 Å². The number of hydrogen-bond donors (Lipinski definition) is 0. The van der Waals surface area contributed by atoms with Crippen molar-refractivity contribution in [2.75, 3.05) is 0 Å². The van der Waals surface area contributed by atoms with Crippen molar-refractivity contribution in [3.05, 3.63) is 94.8 Å². The highest BCUT2D eigenvalue weighted by molar-refractivity contribution is 5.91. The minimum atomic E-state index is -1.46. The average molecular weight is 444 g/mol. The van der Waals surface area contributed by atoms with Gasteiger partial charge in [0, 0.05) is 11.1 Å². The van der Waals surface area contributed by atoms with Crippen molar-refractivity contribution in [1.29, 1.82) is 0 Å². The van der Waals surface area contributed by atoms with Gasteiger partial charge in [0.1, 0.15) is 5.82 Å². The van der Waals surface area contributed by atoms with Crippen LogP contribution in [0.5, 0.6) is 0 Å². The standard InChI is InChI=1S/C27H25F5/c1-3-5-7-9-20-16-19-14-15-21(25(30)22(19)27(32)24(20)29)26(31)23(28)18-12-10-17(11-13-18)8-6-4-2/h4,10-16H,2-3,5-9H2,1H3. The van der Waals surface area contributed by atoms with Crippen LogP contribution in [0.15, 0.2) is 55.1 Å². The molecule has 0 amide bonds. The monoisotopic (exact) mass is 444 g/mol. The van der Waals surface area contributed by atoms with Gasteiger partial charge in [-0.3, -0.25) is 0 Å². The zero-order chi connectivity index (χ0) is 23.3. The van der Waals surface area contributed by atoms with Gasteiger partial charge < -0.3 is 0 Å². The molecule has 5 heteroatoms. The lowest BCUT2D eigenvalue weighted by molar-refractivity contribution is 0.499. The van der Waals surface area contributed by atoms with E-state index < -0.39 is 40.1 Å². The number of unbranched alkanes of at least 4 members (excludes halogenated alkanes) is 2. The van der Waals surface area contributed by atoms with E-state index in [1.54, 1.807) is 18.2 Å². The van der Waals surface area contributed by atoms with Crippen LogP contribution in [0.1, 0.15) is 54.9 Å². The number of halogens is 5. The summed E-state index contributed by atoms with van der Waals surface area (Å²) in [6, 6.07) is 9.80. The van der Waals surface area contributed by atoms with E-state index in [9.17, 15) is 17.6 Å². The van der Waals surface area contributed by atoms with Crippen LogP contribution in [0, 0.1) is 17.5 Å². The number of fused-ring (bicyclic) bond motifs is 1. The molecule has 0 nitrogen and oxygen atoms in total.